The van der Waals surface area contributed by atoms with Crippen LogP contribution in [0.3, 0.4) is 0 Å². The van der Waals surface area contributed by atoms with Gasteiger partial charge in [-0.3, -0.25) is 14.4 Å². The number of likely N-dealkylation sites (N-methyl/N-ethyl adjacent to an activating group) is 1. The zero-order chi connectivity index (χ0) is 13.6. The van der Waals surface area contributed by atoms with Gasteiger partial charge in [-0.25, -0.2) is 4.79 Å². The van der Waals surface area contributed by atoms with E-state index in [-0.39, 0.29) is 11.9 Å². The third-order valence-corrected chi connectivity index (χ3v) is 3.55. The molecule has 1 aromatic rings. The van der Waals surface area contributed by atoms with Crippen LogP contribution in [0.25, 0.3) is 0 Å². The number of methoxy groups -OCH3 is 1. The fraction of sp³-hybridized carbons (Fsp3) is 0.583. The number of rotatable bonds is 2. The number of carbonyl (C=O) groups excluding carboxylic acids is 2. The quantitative estimate of drug-likeness (QED) is 0.523. The van der Waals surface area contributed by atoms with E-state index in [1.165, 1.54) is 12.0 Å². The largest absolute Gasteiger partial charge is 0.467 e. The summed E-state index contributed by atoms with van der Waals surface area (Å²) in [7, 11) is 3.37. The van der Waals surface area contributed by atoms with Crippen LogP contribution in [0.15, 0.2) is 6.07 Å². The van der Waals surface area contributed by atoms with E-state index in [1.54, 1.807) is 0 Å². The molecule has 0 unspecified atom stereocenters. The van der Waals surface area contributed by atoms with Gasteiger partial charge in [0.2, 0.25) is 0 Å². The molecule has 0 aromatic carbocycles. The Morgan fingerprint density at radius 2 is 2.21 bits per heavy atom. The molecular formula is C12H16N4O3. The molecule has 1 amide bonds. The van der Waals surface area contributed by atoms with Gasteiger partial charge in [-0.15, -0.1) is 0 Å². The second-order valence-corrected chi connectivity index (χ2v) is 4.98. The zero-order valence-corrected chi connectivity index (χ0v) is 11.0. The lowest BCUT2D eigenvalue weighted by Gasteiger charge is -2.22. The van der Waals surface area contributed by atoms with Crippen LogP contribution in [-0.2, 0) is 22.6 Å². The van der Waals surface area contributed by atoms with Gasteiger partial charge in [-0.2, -0.15) is 5.10 Å². The maximum atomic E-state index is 12.2. The van der Waals surface area contributed by atoms with Gasteiger partial charge in [0.25, 0.3) is 5.91 Å². The SMILES string of the molecule is COC(=O)[C@H]1CN1C(=O)c1cc2n(n1)CCN(C)C2. The maximum Gasteiger partial charge on any atom is 0.330 e. The van der Waals surface area contributed by atoms with E-state index in [0.717, 1.165) is 25.3 Å². The van der Waals surface area contributed by atoms with Crippen LogP contribution < -0.4 is 0 Å². The molecule has 0 N–H and O–H groups in total. The standard InChI is InChI=1S/C12H16N4O3/c1-14-3-4-16-8(6-14)5-9(13-16)11(17)15-7-10(15)12(18)19-2/h5,10H,3-4,6-7H2,1-2H3/t10-,15?/m1/s1. The molecule has 0 bridgehead atoms. The van der Waals surface area contributed by atoms with Crippen molar-refractivity contribution in [3.63, 3.8) is 0 Å². The minimum Gasteiger partial charge on any atom is -0.467 e. The van der Waals surface area contributed by atoms with Crippen LogP contribution in [-0.4, -0.2) is 64.7 Å². The summed E-state index contributed by atoms with van der Waals surface area (Å²) in [5, 5.41) is 4.31. The van der Waals surface area contributed by atoms with E-state index in [4.69, 9.17) is 0 Å². The molecular weight excluding hydrogens is 248 g/mol. The lowest BCUT2D eigenvalue weighted by molar-refractivity contribution is -0.140. The highest BCUT2D eigenvalue weighted by atomic mass is 16.5. The van der Waals surface area contributed by atoms with Crippen molar-refractivity contribution in [1.29, 1.82) is 0 Å². The van der Waals surface area contributed by atoms with Crippen molar-refractivity contribution in [2.45, 2.75) is 19.1 Å². The molecule has 0 aliphatic carbocycles. The van der Waals surface area contributed by atoms with Crippen molar-refractivity contribution in [2.75, 3.05) is 27.2 Å². The van der Waals surface area contributed by atoms with Crippen LogP contribution in [0.2, 0.25) is 0 Å². The van der Waals surface area contributed by atoms with Crippen LogP contribution in [0.4, 0.5) is 0 Å². The highest BCUT2D eigenvalue weighted by molar-refractivity contribution is 5.98. The first-order valence-electron chi connectivity index (χ1n) is 6.24. The zero-order valence-electron chi connectivity index (χ0n) is 11.0. The van der Waals surface area contributed by atoms with Gasteiger partial charge < -0.3 is 9.64 Å². The molecule has 1 aromatic heterocycles. The van der Waals surface area contributed by atoms with E-state index in [9.17, 15) is 9.59 Å². The van der Waals surface area contributed by atoms with Gasteiger partial charge in [0.15, 0.2) is 5.69 Å². The Balaban J connectivity index is 1.74. The predicted molar refractivity (Wildman–Crippen MR) is 65.4 cm³/mol. The molecule has 102 valence electrons. The van der Waals surface area contributed by atoms with Gasteiger partial charge in [-0.1, -0.05) is 0 Å². The minimum absolute atomic E-state index is 0.194. The molecule has 19 heavy (non-hydrogen) atoms. The normalized spacial score (nSPS) is 22.0. The third-order valence-electron chi connectivity index (χ3n) is 3.55. The fourth-order valence-corrected chi connectivity index (χ4v) is 2.35. The number of hydrogen-bond acceptors (Lipinski definition) is 5. The third kappa shape index (κ3) is 2.10. The number of fused-ring (bicyclic) bond motifs is 1. The topological polar surface area (TPSA) is 67.4 Å². The molecule has 2 aliphatic rings. The Labute approximate surface area is 110 Å². The average Bonchev–Trinajstić information content (AvgIpc) is 3.09. The molecule has 7 nitrogen and oxygen atoms in total. The molecule has 7 heteroatoms. The van der Waals surface area contributed by atoms with Crippen LogP contribution in [0, 0.1) is 0 Å². The van der Waals surface area contributed by atoms with Crippen molar-refractivity contribution in [2.24, 2.45) is 0 Å². The summed E-state index contributed by atoms with van der Waals surface area (Å²) >= 11 is 0. The van der Waals surface area contributed by atoms with Gasteiger partial charge in [0.05, 0.1) is 25.9 Å². The Kier molecular flexibility index (Phi) is 2.78. The molecule has 1 fully saturated rings. The number of carbonyl (C=O) groups is 2. The molecule has 0 radical (unpaired) electrons. The van der Waals surface area contributed by atoms with E-state index in [1.807, 2.05) is 17.8 Å². The van der Waals surface area contributed by atoms with Crippen LogP contribution >= 0.6 is 0 Å². The number of ether oxygens (including phenoxy) is 1. The molecule has 1 atom stereocenters. The molecule has 0 spiro atoms. The Bertz CT molecular complexity index is 539. The van der Waals surface area contributed by atoms with E-state index in [0.29, 0.717) is 12.2 Å². The van der Waals surface area contributed by atoms with Crippen LogP contribution in [0.5, 0.6) is 0 Å². The molecule has 1 saturated heterocycles. The number of nitrogens with zero attached hydrogens (tertiary/aromatic N) is 4. The molecule has 3 rings (SSSR count). The number of aromatic nitrogens is 2. The van der Waals surface area contributed by atoms with Gasteiger partial charge in [0, 0.05) is 13.1 Å². The Morgan fingerprint density at radius 1 is 1.42 bits per heavy atom. The average molecular weight is 264 g/mol. The van der Waals surface area contributed by atoms with E-state index in [2.05, 4.69) is 14.7 Å². The summed E-state index contributed by atoms with van der Waals surface area (Å²) in [6.07, 6.45) is 0. The maximum absolute atomic E-state index is 12.2. The molecule has 0 saturated carbocycles. The molecule has 2 aliphatic heterocycles. The van der Waals surface area contributed by atoms with Gasteiger partial charge >= 0.3 is 5.97 Å². The van der Waals surface area contributed by atoms with Crippen molar-refractivity contribution >= 4 is 11.9 Å². The molecule has 3 heterocycles. The first kappa shape index (κ1) is 12.2. The summed E-state index contributed by atoms with van der Waals surface area (Å²) in [6.45, 7) is 2.94. The van der Waals surface area contributed by atoms with Crippen LogP contribution in [0.1, 0.15) is 16.2 Å². The smallest absolute Gasteiger partial charge is 0.330 e. The summed E-state index contributed by atoms with van der Waals surface area (Å²) in [6, 6.07) is 1.38. The van der Waals surface area contributed by atoms with Crippen molar-refractivity contribution in [3.05, 3.63) is 17.5 Å². The summed E-state index contributed by atoms with van der Waals surface area (Å²) in [4.78, 5) is 27.1. The van der Waals surface area contributed by atoms with Crippen molar-refractivity contribution < 1.29 is 14.3 Å². The van der Waals surface area contributed by atoms with E-state index < -0.39 is 6.04 Å². The minimum atomic E-state index is -0.432. The summed E-state index contributed by atoms with van der Waals surface area (Å²) in [5.41, 5.74) is 1.45. The van der Waals surface area contributed by atoms with Gasteiger partial charge in [0.1, 0.15) is 6.04 Å². The van der Waals surface area contributed by atoms with Crippen molar-refractivity contribution in [1.82, 2.24) is 19.6 Å². The van der Waals surface area contributed by atoms with Gasteiger partial charge in [-0.05, 0) is 13.1 Å². The Morgan fingerprint density at radius 3 is 2.95 bits per heavy atom. The second kappa shape index (κ2) is 4.34. The number of amides is 1. The highest BCUT2D eigenvalue weighted by Crippen LogP contribution is 2.23. The first-order valence-corrected chi connectivity index (χ1v) is 6.24. The fourth-order valence-electron chi connectivity index (χ4n) is 2.35. The lowest BCUT2D eigenvalue weighted by atomic mass is 10.3. The monoisotopic (exact) mass is 264 g/mol. The second-order valence-electron chi connectivity index (χ2n) is 4.98. The summed E-state index contributed by atoms with van der Waals surface area (Å²) in [5.74, 6) is -0.558. The van der Waals surface area contributed by atoms with Crippen molar-refractivity contribution in [3.8, 4) is 0 Å². The summed E-state index contributed by atoms with van der Waals surface area (Å²) < 4.78 is 6.49. The predicted octanol–water partition coefficient (Wildman–Crippen LogP) is -0.674. The first-order chi connectivity index (χ1) is 9.10. The lowest BCUT2D eigenvalue weighted by Crippen LogP contribution is -2.30. The Hall–Kier alpha value is -1.89. The number of esters is 1. The number of hydrogen-bond donors (Lipinski definition) is 0. The van der Waals surface area contributed by atoms with E-state index >= 15 is 0 Å². The highest BCUT2D eigenvalue weighted by Gasteiger charge is 2.46.